The van der Waals surface area contributed by atoms with Crippen molar-refractivity contribution in [3.8, 4) is 0 Å². The summed E-state index contributed by atoms with van der Waals surface area (Å²) in [7, 11) is 0. The van der Waals surface area contributed by atoms with Crippen LogP contribution in [0.2, 0.25) is 0 Å². The van der Waals surface area contributed by atoms with Gasteiger partial charge in [0.15, 0.2) is 0 Å². The van der Waals surface area contributed by atoms with Crippen molar-refractivity contribution in [3.05, 3.63) is 35.4 Å². The Morgan fingerprint density at radius 3 is 2.64 bits per heavy atom. The summed E-state index contributed by atoms with van der Waals surface area (Å²) in [6, 6.07) is 8.80. The molecule has 1 aromatic carbocycles. The van der Waals surface area contributed by atoms with E-state index in [0.717, 1.165) is 56.1 Å². The van der Waals surface area contributed by atoms with Crippen molar-refractivity contribution in [1.82, 2.24) is 15.5 Å². The second kappa shape index (κ2) is 9.57. The fraction of sp³-hybridized carbons (Fsp3) is 0.632. The van der Waals surface area contributed by atoms with Gasteiger partial charge in [0.2, 0.25) is 5.91 Å². The lowest BCUT2D eigenvalue weighted by Crippen LogP contribution is -2.41. The Balaban J connectivity index is 1.39. The number of benzene rings is 1. The molecule has 0 aliphatic carbocycles. The number of hydrogen-bond donors (Lipinski definition) is 3. The minimum atomic E-state index is -0.121. The maximum atomic E-state index is 12.1. The average Bonchev–Trinajstić information content (AvgIpc) is 2.64. The second-order valence-electron chi connectivity index (χ2n) is 7.03. The summed E-state index contributed by atoms with van der Waals surface area (Å²) in [5.41, 5.74) is 2.42. The Kier molecular flexibility index (Phi) is 7.16. The molecule has 2 saturated heterocycles. The lowest BCUT2D eigenvalue weighted by Gasteiger charge is -2.29. The predicted octanol–water partition coefficient (Wildman–Crippen LogP) is 1.35. The Labute approximate surface area is 154 Å². The predicted molar refractivity (Wildman–Crippen MR) is 103 cm³/mol. The maximum absolute atomic E-state index is 12.1. The molecule has 1 aromatic rings. The van der Waals surface area contributed by atoms with E-state index in [9.17, 15) is 9.90 Å². The number of thioether (sulfide) groups is 1. The van der Waals surface area contributed by atoms with Gasteiger partial charge in [-0.05, 0) is 24.0 Å². The number of piperidine rings is 1. The van der Waals surface area contributed by atoms with Crippen LogP contribution in [0.1, 0.15) is 30.4 Å². The molecule has 3 N–H and O–H groups in total. The van der Waals surface area contributed by atoms with Crippen molar-refractivity contribution in [3.63, 3.8) is 0 Å². The number of nitrogens with zero attached hydrogens (tertiary/aromatic N) is 1. The highest BCUT2D eigenvalue weighted by Gasteiger charge is 2.17. The molecular weight excluding hydrogens is 334 g/mol. The second-order valence-corrected chi connectivity index (χ2v) is 8.18. The molecule has 0 saturated carbocycles. The number of likely N-dealkylation sites (tertiary alicyclic amines) is 1. The summed E-state index contributed by atoms with van der Waals surface area (Å²) >= 11 is 1.91. The number of hydrogen-bond acceptors (Lipinski definition) is 5. The van der Waals surface area contributed by atoms with E-state index in [1.165, 1.54) is 5.56 Å². The SMILES string of the molecule is O=C(CC1CSCCN1)NCc1ccc(CN2CCC(O)CC2)cc1. The van der Waals surface area contributed by atoms with Crippen molar-refractivity contribution in [1.29, 1.82) is 0 Å². The largest absolute Gasteiger partial charge is 0.393 e. The number of carbonyl (C=O) groups is 1. The number of aliphatic hydroxyl groups excluding tert-OH is 1. The van der Waals surface area contributed by atoms with Gasteiger partial charge in [0.1, 0.15) is 0 Å². The molecule has 1 atom stereocenters. The summed E-state index contributed by atoms with van der Waals surface area (Å²) in [4.78, 5) is 14.4. The van der Waals surface area contributed by atoms with Gasteiger partial charge >= 0.3 is 0 Å². The lowest BCUT2D eigenvalue weighted by molar-refractivity contribution is -0.121. The first-order valence-electron chi connectivity index (χ1n) is 9.25. The highest BCUT2D eigenvalue weighted by molar-refractivity contribution is 7.99. The van der Waals surface area contributed by atoms with Gasteiger partial charge in [0.25, 0.3) is 0 Å². The standard InChI is InChI=1S/C19H29N3O2S/c23-18-5-8-22(9-6-18)13-16-3-1-15(2-4-16)12-21-19(24)11-17-14-25-10-7-20-17/h1-4,17-18,20,23H,5-14H2,(H,21,24). The zero-order chi connectivity index (χ0) is 17.5. The molecule has 0 bridgehead atoms. The van der Waals surface area contributed by atoms with Gasteiger partial charge in [-0.15, -0.1) is 0 Å². The third-order valence-corrected chi connectivity index (χ3v) is 6.04. The van der Waals surface area contributed by atoms with E-state index in [1.807, 2.05) is 11.8 Å². The molecule has 25 heavy (non-hydrogen) atoms. The van der Waals surface area contributed by atoms with Gasteiger partial charge in [-0.25, -0.2) is 0 Å². The smallest absolute Gasteiger partial charge is 0.221 e. The quantitative estimate of drug-likeness (QED) is 0.712. The Hall–Kier alpha value is -1.08. The van der Waals surface area contributed by atoms with E-state index in [0.29, 0.717) is 19.0 Å². The van der Waals surface area contributed by atoms with Crippen LogP contribution in [-0.4, -0.2) is 59.2 Å². The maximum Gasteiger partial charge on any atom is 0.221 e. The summed E-state index contributed by atoms with van der Waals surface area (Å²) in [5.74, 6) is 2.29. The van der Waals surface area contributed by atoms with Crippen LogP contribution < -0.4 is 10.6 Å². The summed E-state index contributed by atoms with van der Waals surface area (Å²) in [6.07, 6.45) is 2.19. The third kappa shape index (κ3) is 6.29. The fourth-order valence-corrected chi connectivity index (χ4v) is 4.29. The minimum absolute atomic E-state index is 0.121. The molecule has 138 valence electrons. The van der Waals surface area contributed by atoms with Crippen molar-refractivity contribution >= 4 is 17.7 Å². The van der Waals surface area contributed by atoms with Crippen LogP contribution in [0.3, 0.4) is 0 Å². The third-order valence-electron chi connectivity index (χ3n) is 4.91. The normalized spacial score (nSPS) is 22.7. The molecular formula is C19H29N3O2S. The van der Waals surface area contributed by atoms with E-state index in [2.05, 4.69) is 39.8 Å². The topological polar surface area (TPSA) is 64.6 Å². The molecule has 0 radical (unpaired) electrons. The molecule has 6 heteroatoms. The Morgan fingerprint density at radius 2 is 1.96 bits per heavy atom. The average molecular weight is 364 g/mol. The number of rotatable bonds is 6. The van der Waals surface area contributed by atoms with E-state index in [1.54, 1.807) is 0 Å². The van der Waals surface area contributed by atoms with E-state index in [-0.39, 0.29) is 12.0 Å². The van der Waals surface area contributed by atoms with Crippen LogP contribution in [0, 0.1) is 0 Å². The zero-order valence-corrected chi connectivity index (χ0v) is 15.6. The van der Waals surface area contributed by atoms with Crippen LogP contribution in [0.4, 0.5) is 0 Å². The van der Waals surface area contributed by atoms with Crippen LogP contribution >= 0.6 is 11.8 Å². The first kappa shape index (κ1) is 18.7. The molecule has 0 aromatic heterocycles. The molecule has 2 fully saturated rings. The van der Waals surface area contributed by atoms with Gasteiger partial charge in [-0.3, -0.25) is 9.69 Å². The molecule has 1 amide bonds. The van der Waals surface area contributed by atoms with Crippen molar-refractivity contribution in [2.75, 3.05) is 31.1 Å². The molecule has 2 aliphatic rings. The van der Waals surface area contributed by atoms with Gasteiger partial charge in [0.05, 0.1) is 6.10 Å². The van der Waals surface area contributed by atoms with Gasteiger partial charge in [-0.2, -0.15) is 11.8 Å². The van der Waals surface area contributed by atoms with Crippen molar-refractivity contribution in [2.24, 2.45) is 0 Å². The molecule has 1 unspecified atom stereocenters. The summed E-state index contributed by atoms with van der Waals surface area (Å²) in [5, 5.41) is 16.0. The van der Waals surface area contributed by atoms with E-state index in [4.69, 9.17) is 0 Å². The Bertz CT molecular complexity index is 538. The number of amides is 1. The van der Waals surface area contributed by atoms with Crippen molar-refractivity contribution < 1.29 is 9.90 Å². The first-order chi connectivity index (χ1) is 12.2. The fourth-order valence-electron chi connectivity index (χ4n) is 3.35. The zero-order valence-electron chi connectivity index (χ0n) is 14.7. The number of aliphatic hydroxyl groups is 1. The molecule has 5 nitrogen and oxygen atoms in total. The first-order valence-corrected chi connectivity index (χ1v) is 10.4. The highest BCUT2D eigenvalue weighted by Crippen LogP contribution is 2.14. The molecule has 3 rings (SSSR count). The van der Waals surface area contributed by atoms with Crippen LogP contribution in [0.25, 0.3) is 0 Å². The molecule has 2 aliphatic heterocycles. The van der Waals surface area contributed by atoms with Gasteiger partial charge < -0.3 is 15.7 Å². The van der Waals surface area contributed by atoms with Crippen LogP contribution in [0.15, 0.2) is 24.3 Å². The Morgan fingerprint density at radius 1 is 1.24 bits per heavy atom. The van der Waals surface area contributed by atoms with Gasteiger partial charge in [0, 0.05) is 56.7 Å². The number of nitrogens with one attached hydrogen (secondary N) is 2. The summed E-state index contributed by atoms with van der Waals surface area (Å²) in [6.45, 7) is 4.46. The van der Waals surface area contributed by atoms with Crippen molar-refractivity contribution in [2.45, 2.75) is 44.5 Å². The molecule has 2 heterocycles. The van der Waals surface area contributed by atoms with E-state index < -0.39 is 0 Å². The number of carbonyl (C=O) groups excluding carboxylic acids is 1. The monoisotopic (exact) mass is 363 g/mol. The summed E-state index contributed by atoms with van der Waals surface area (Å²) < 4.78 is 0. The van der Waals surface area contributed by atoms with E-state index >= 15 is 0 Å². The van der Waals surface area contributed by atoms with Gasteiger partial charge in [-0.1, -0.05) is 24.3 Å². The lowest BCUT2D eigenvalue weighted by atomic mass is 10.1. The molecule has 0 spiro atoms. The minimum Gasteiger partial charge on any atom is -0.393 e. The van der Waals surface area contributed by atoms with Crippen LogP contribution in [-0.2, 0) is 17.9 Å². The van der Waals surface area contributed by atoms with Crippen LogP contribution in [0.5, 0.6) is 0 Å². The highest BCUT2D eigenvalue weighted by atomic mass is 32.2.